The van der Waals surface area contributed by atoms with Crippen molar-refractivity contribution in [1.82, 2.24) is 5.32 Å². The molecule has 2 N–H and O–H groups in total. The fourth-order valence-corrected chi connectivity index (χ4v) is 3.70. The topological polar surface area (TPSA) is 67.8 Å². The molecule has 0 spiro atoms. The zero-order valence-corrected chi connectivity index (χ0v) is 14.8. The van der Waals surface area contributed by atoms with Gasteiger partial charge in [0.15, 0.2) is 0 Å². The number of ether oxygens (including phenoxy) is 2. The highest BCUT2D eigenvalue weighted by molar-refractivity contribution is 5.95. The van der Waals surface area contributed by atoms with Gasteiger partial charge in [0.2, 0.25) is 0 Å². The molecule has 5 heteroatoms. The second kappa shape index (κ2) is 9.32. The Hall–Kier alpha value is -1.43. The second-order valence-electron chi connectivity index (χ2n) is 7.18. The lowest BCUT2D eigenvalue weighted by Crippen LogP contribution is -2.33. The molecule has 0 radical (unpaired) electrons. The minimum Gasteiger partial charge on any atom is -0.393 e. The quantitative estimate of drug-likeness (QED) is 0.830. The summed E-state index contributed by atoms with van der Waals surface area (Å²) in [5.41, 5.74) is 1.61. The molecule has 3 rings (SSSR count). The molecule has 1 aliphatic carbocycles. The monoisotopic (exact) mass is 347 g/mol. The standard InChI is InChI=1S/C20H29NO4/c22-17-6-3-4-15(12-17)13-21-20(23)19-7-2-1-5-16(19)14-25-18-8-10-24-11-9-18/h1-2,5,7,15,17-18,22H,3-4,6,8-14H2,(H,21,23). The van der Waals surface area contributed by atoms with Gasteiger partial charge in [-0.3, -0.25) is 4.79 Å². The summed E-state index contributed by atoms with van der Waals surface area (Å²) in [6.07, 6.45) is 5.62. The molecule has 2 fully saturated rings. The number of rotatable bonds is 6. The number of amides is 1. The van der Waals surface area contributed by atoms with Crippen molar-refractivity contribution in [2.24, 2.45) is 5.92 Å². The Labute approximate surface area is 149 Å². The predicted molar refractivity (Wildman–Crippen MR) is 95.4 cm³/mol. The van der Waals surface area contributed by atoms with Crippen molar-refractivity contribution in [3.63, 3.8) is 0 Å². The molecule has 1 aliphatic heterocycles. The Bertz CT molecular complexity index is 556. The van der Waals surface area contributed by atoms with Gasteiger partial charge in [0, 0.05) is 25.3 Å². The Balaban J connectivity index is 1.52. The molecule has 1 aromatic rings. The third kappa shape index (κ3) is 5.53. The fraction of sp³-hybridized carbons (Fsp3) is 0.650. The molecule has 0 bridgehead atoms. The third-order valence-electron chi connectivity index (χ3n) is 5.21. The SMILES string of the molecule is O=C(NCC1CCCC(O)C1)c1ccccc1COC1CCOCC1. The first-order valence-electron chi connectivity index (χ1n) is 9.46. The molecular weight excluding hydrogens is 318 g/mol. The Morgan fingerprint density at radius 2 is 2.00 bits per heavy atom. The summed E-state index contributed by atoms with van der Waals surface area (Å²) < 4.78 is 11.3. The van der Waals surface area contributed by atoms with E-state index in [1.807, 2.05) is 24.3 Å². The number of carbonyl (C=O) groups is 1. The summed E-state index contributed by atoms with van der Waals surface area (Å²) in [5.74, 6) is 0.324. The first-order valence-corrected chi connectivity index (χ1v) is 9.46. The molecule has 1 saturated carbocycles. The maximum Gasteiger partial charge on any atom is 0.251 e. The number of aliphatic hydroxyl groups excluding tert-OH is 1. The van der Waals surface area contributed by atoms with E-state index in [-0.39, 0.29) is 18.1 Å². The largest absolute Gasteiger partial charge is 0.393 e. The summed E-state index contributed by atoms with van der Waals surface area (Å²) in [7, 11) is 0. The lowest BCUT2D eigenvalue weighted by atomic mass is 9.87. The van der Waals surface area contributed by atoms with E-state index in [9.17, 15) is 9.90 Å². The molecule has 0 aromatic heterocycles. The molecule has 138 valence electrons. The van der Waals surface area contributed by atoms with Gasteiger partial charge in [-0.15, -0.1) is 0 Å². The normalized spacial score (nSPS) is 24.8. The molecule has 1 saturated heterocycles. The molecule has 25 heavy (non-hydrogen) atoms. The van der Waals surface area contributed by atoms with Crippen molar-refractivity contribution in [1.29, 1.82) is 0 Å². The smallest absolute Gasteiger partial charge is 0.251 e. The van der Waals surface area contributed by atoms with Crippen LogP contribution in [-0.4, -0.2) is 43.0 Å². The van der Waals surface area contributed by atoms with Crippen molar-refractivity contribution >= 4 is 5.91 Å². The zero-order valence-electron chi connectivity index (χ0n) is 14.8. The van der Waals surface area contributed by atoms with Crippen LogP contribution < -0.4 is 5.32 Å². The number of hydrogen-bond acceptors (Lipinski definition) is 4. The third-order valence-corrected chi connectivity index (χ3v) is 5.21. The van der Waals surface area contributed by atoms with E-state index >= 15 is 0 Å². The van der Waals surface area contributed by atoms with Gasteiger partial charge in [0.25, 0.3) is 5.91 Å². The average molecular weight is 347 g/mol. The van der Waals surface area contributed by atoms with Gasteiger partial charge in [-0.1, -0.05) is 24.6 Å². The van der Waals surface area contributed by atoms with Gasteiger partial charge >= 0.3 is 0 Å². The predicted octanol–water partition coefficient (Wildman–Crippen LogP) is 2.66. The van der Waals surface area contributed by atoms with Crippen LogP contribution in [0.3, 0.4) is 0 Å². The Morgan fingerprint density at radius 3 is 2.80 bits per heavy atom. The number of hydrogen-bond donors (Lipinski definition) is 2. The molecular formula is C20H29NO4. The van der Waals surface area contributed by atoms with Crippen LogP contribution in [0.15, 0.2) is 24.3 Å². The van der Waals surface area contributed by atoms with Crippen LogP contribution in [-0.2, 0) is 16.1 Å². The van der Waals surface area contributed by atoms with Crippen LogP contribution in [0.25, 0.3) is 0 Å². The Morgan fingerprint density at radius 1 is 1.20 bits per heavy atom. The van der Waals surface area contributed by atoms with Crippen LogP contribution in [0.4, 0.5) is 0 Å². The number of aliphatic hydroxyl groups is 1. The maximum absolute atomic E-state index is 12.6. The van der Waals surface area contributed by atoms with Crippen molar-refractivity contribution < 1.29 is 19.4 Å². The second-order valence-corrected chi connectivity index (χ2v) is 7.18. The zero-order chi connectivity index (χ0) is 17.5. The minimum absolute atomic E-state index is 0.0498. The van der Waals surface area contributed by atoms with E-state index < -0.39 is 0 Å². The van der Waals surface area contributed by atoms with Crippen molar-refractivity contribution in [2.45, 2.75) is 57.3 Å². The number of benzene rings is 1. The van der Waals surface area contributed by atoms with Crippen LogP contribution in [0, 0.1) is 5.92 Å². The van der Waals surface area contributed by atoms with Crippen molar-refractivity contribution in [2.75, 3.05) is 19.8 Å². The van der Waals surface area contributed by atoms with Gasteiger partial charge in [0.05, 0.1) is 18.8 Å². The highest BCUT2D eigenvalue weighted by Crippen LogP contribution is 2.23. The lowest BCUT2D eigenvalue weighted by molar-refractivity contribution is -0.0392. The van der Waals surface area contributed by atoms with Gasteiger partial charge < -0.3 is 19.9 Å². The van der Waals surface area contributed by atoms with Crippen LogP contribution in [0.5, 0.6) is 0 Å². The van der Waals surface area contributed by atoms with E-state index in [0.717, 1.165) is 57.3 Å². The molecule has 2 atom stereocenters. The summed E-state index contributed by atoms with van der Waals surface area (Å²) in [6.45, 7) is 2.58. The first-order chi connectivity index (χ1) is 12.2. The van der Waals surface area contributed by atoms with Crippen LogP contribution >= 0.6 is 0 Å². The Kier molecular flexibility index (Phi) is 6.84. The van der Waals surface area contributed by atoms with Crippen molar-refractivity contribution in [3.05, 3.63) is 35.4 Å². The number of carbonyl (C=O) groups excluding carboxylic acids is 1. The molecule has 2 aliphatic rings. The van der Waals surface area contributed by atoms with E-state index in [2.05, 4.69) is 5.32 Å². The molecule has 2 unspecified atom stereocenters. The van der Waals surface area contributed by atoms with Gasteiger partial charge in [-0.05, 0) is 49.7 Å². The molecule has 1 heterocycles. The van der Waals surface area contributed by atoms with Crippen molar-refractivity contribution in [3.8, 4) is 0 Å². The maximum atomic E-state index is 12.6. The summed E-state index contributed by atoms with van der Waals surface area (Å²) >= 11 is 0. The highest BCUT2D eigenvalue weighted by atomic mass is 16.5. The van der Waals surface area contributed by atoms with E-state index in [0.29, 0.717) is 24.6 Å². The lowest BCUT2D eigenvalue weighted by Gasteiger charge is -2.26. The van der Waals surface area contributed by atoms with Gasteiger partial charge in [-0.25, -0.2) is 0 Å². The van der Waals surface area contributed by atoms with E-state index in [4.69, 9.17) is 9.47 Å². The molecule has 1 amide bonds. The summed E-state index contributed by atoms with van der Waals surface area (Å²) in [4.78, 5) is 12.6. The number of nitrogens with one attached hydrogen (secondary N) is 1. The fourth-order valence-electron chi connectivity index (χ4n) is 3.70. The van der Waals surface area contributed by atoms with Gasteiger partial charge in [-0.2, -0.15) is 0 Å². The van der Waals surface area contributed by atoms with Crippen LogP contribution in [0.1, 0.15) is 54.4 Å². The highest BCUT2D eigenvalue weighted by Gasteiger charge is 2.21. The van der Waals surface area contributed by atoms with E-state index in [1.165, 1.54) is 0 Å². The first kappa shape index (κ1) is 18.4. The minimum atomic E-state index is -0.212. The summed E-state index contributed by atoms with van der Waals surface area (Å²) in [6, 6.07) is 7.64. The average Bonchev–Trinajstić information content (AvgIpc) is 2.65. The van der Waals surface area contributed by atoms with Gasteiger partial charge in [0.1, 0.15) is 0 Å². The molecule has 1 aromatic carbocycles. The summed E-state index contributed by atoms with van der Waals surface area (Å²) in [5, 5.41) is 12.8. The van der Waals surface area contributed by atoms with Crippen LogP contribution in [0.2, 0.25) is 0 Å². The van der Waals surface area contributed by atoms with E-state index in [1.54, 1.807) is 0 Å². The molecule has 5 nitrogen and oxygen atoms in total.